The number of aromatic nitrogens is 3. The Kier molecular flexibility index (Phi) is 3.65. The molecule has 2 aromatic rings. The summed E-state index contributed by atoms with van der Waals surface area (Å²) in [5.74, 6) is 0. The molecule has 0 aromatic carbocycles. The Balaban J connectivity index is 2.30. The highest BCUT2D eigenvalue weighted by molar-refractivity contribution is 7.92. The molecule has 0 aliphatic carbocycles. The molecule has 0 saturated heterocycles. The van der Waals surface area contributed by atoms with E-state index in [0.717, 1.165) is 12.4 Å². The number of nitrogens with one attached hydrogen (secondary N) is 1. The lowest BCUT2D eigenvalue weighted by molar-refractivity contribution is 0.600. The number of nitrogens with zero attached hydrogens (tertiary/aromatic N) is 3. The molecule has 0 unspecified atom stereocenters. The molecule has 0 spiro atoms. The van der Waals surface area contributed by atoms with Crippen LogP contribution in [-0.4, -0.2) is 23.4 Å². The molecule has 0 atom stereocenters. The monoisotopic (exact) mass is 304 g/mol. The summed E-state index contributed by atoms with van der Waals surface area (Å²) in [5, 5.41) is 0.156. The van der Waals surface area contributed by atoms with Crippen LogP contribution < -0.4 is 4.72 Å². The van der Waals surface area contributed by atoms with Gasteiger partial charge in [0.15, 0.2) is 0 Å². The summed E-state index contributed by atoms with van der Waals surface area (Å²) in [7, 11) is -3.77. The quantitative estimate of drug-likeness (QED) is 0.692. The lowest BCUT2D eigenvalue weighted by Crippen LogP contribution is -2.13. The predicted molar refractivity (Wildman–Crippen MR) is 67.1 cm³/mol. The molecule has 0 fully saturated rings. The summed E-state index contributed by atoms with van der Waals surface area (Å²) in [6.45, 7) is 0. The average molecular weight is 305 g/mol. The molecular weight excluding hydrogens is 299 g/mol. The van der Waals surface area contributed by atoms with Gasteiger partial charge in [0.2, 0.25) is 5.28 Å². The topological polar surface area (TPSA) is 84.8 Å². The zero-order chi connectivity index (χ0) is 13.2. The Morgan fingerprint density at radius 3 is 2.39 bits per heavy atom. The number of hydrogen-bond donors (Lipinski definition) is 1. The van der Waals surface area contributed by atoms with Gasteiger partial charge in [0, 0.05) is 6.20 Å². The highest BCUT2D eigenvalue weighted by Crippen LogP contribution is 2.17. The smallest absolute Gasteiger partial charge is 0.264 e. The Hall–Kier alpha value is -1.44. The van der Waals surface area contributed by atoms with Gasteiger partial charge in [-0.2, -0.15) is 0 Å². The van der Waals surface area contributed by atoms with Crippen molar-refractivity contribution in [2.45, 2.75) is 4.90 Å². The van der Waals surface area contributed by atoms with Crippen molar-refractivity contribution in [2.75, 3.05) is 4.72 Å². The van der Waals surface area contributed by atoms with Crippen LogP contribution >= 0.6 is 23.2 Å². The maximum atomic E-state index is 11.9. The molecule has 0 aliphatic rings. The number of pyridine rings is 1. The Labute approximate surface area is 113 Å². The molecule has 0 saturated carbocycles. The van der Waals surface area contributed by atoms with Crippen LogP contribution in [0.2, 0.25) is 10.4 Å². The van der Waals surface area contributed by atoms with Gasteiger partial charge in [0.25, 0.3) is 10.0 Å². The van der Waals surface area contributed by atoms with Crippen LogP contribution in [0.25, 0.3) is 0 Å². The third-order valence-electron chi connectivity index (χ3n) is 1.89. The fourth-order valence-electron chi connectivity index (χ4n) is 1.12. The van der Waals surface area contributed by atoms with E-state index in [1.165, 1.54) is 18.3 Å². The van der Waals surface area contributed by atoms with E-state index in [1.54, 1.807) is 0 Å². The number of halogens is 2. The molecule has 18 heavy (non-hydrogen) atoms. The first-order chi connectivity index (χ1) is 8.47. The van der Waals surface area contributed by atoms with Crippen molar-refractivity contribution in [3.05, 3.63) is 41.2 Å². The fraction of sp³-hybridized carbons (Fsp3) is 0. The third-order valence-corrected chi connectivity index (χ3v) is 3.62. The van der Waals surface area contributed by atoms with E-state index in [-0.39, 0.29) is 15.3 Å². The zero-order valence-electron chi connectivity index (χ0n) is 8.71. The van der Waals surface area contributed by atoms with E-state index in [0.29, 0.717) is 5.69 Å². The zero-order valence-corrected chi connectivity index (χ0v) is 11.0. The van der Waals surface area contributed by atoms with Crippen LogP contribution in [0, 0.1) is 0 Å². The molecule has 2 rings (SSSR count). The molecule has 0 amide bonds. The summed E-state index contributed by atoms with van der Waals surface area (Å²) in [6.07, 6.45) is 3.61. The van der Waals surface area contributed by atoms with Gasteiger partial charge in [-0.25, -0.2) is 23.4 Å². The van der Waals surface area contributed by atoms with Crippen molar-refractivity contribution < 1.29 is 8.42 Å². The molecule has 9 heteroatoms. The first kappa shape index (κ1) is 13.0. The third kappa shape index (κ3) is 3.06. The maximum absolute atomic E-state index is 11.9. The van der Waals surface area contributed by atoms with E-state index in [1.807, 2.05) is 0 Å². The van der Waals surface area contributed by atoms with Crippen molar-refractivity contribution in [3.8, 4) is 0 Å². The number of anilines is 1. The Morgan fingerprint density at radius 1 is 1.11 bits per heavy atom. The summed E-state index contributed by atoms with van der Waals surface area (Å²) >= 11 is 11.1. The standard InChI is InChI=1S/C9H6Cl2N4O2S/c10-8-3-6(1-2-12-8)15-18(16,17)7-4-13-9(11)14-5-7/h1-5H,(H,12,15). The lowest BCUT2D eigenvalue weighted by Gasteiger charge is -2.07. The van der Waals surface area contributed by atoms with Gasteiger partial charge in [0.05, 0.1) is 18.1 Å². The maximum Gasteiger partial charge on any atom is 0.264 e. The van der Waals surface area contributed by atoms with Crippen molar-refractivity contribution in [1.82, 2.24) is 15.0 Å². The normalized spacial score (nSPS) is 11.2. The van der Waals surface area contributed by atoms with Crippen molar-refractivity contribution in [1.29, 1.82) is 0 Å². The van der Waals surface area contributed by atoms with Crippen molar-refractivity contribution in [3.63, 3.8) is 0 Å². The molecule has 1 N–H and O–H groups in total. The minimum absolute atomic E-state index is 0.0269. The SMILES string of the molecule is O=S(=O)(Nc1ccnc(Cl)c1)c1cnc(Cl)nc1. The van der Waals surface area contributed by atoms with Crippen LogP contribution in [-0.2, 0) is 10.0 Å². The average Bonchev–Trinajstić information content (AvgIpc) is 2.29. The molecule has 0 radical (unpaired) electrons. The summed E-state index contributed by atoms with van der Waals surface area (Å²) in [6, 6.07) is 2.86. The predicted octanol–water partition coefficient (Wildman–Crippen LogP) is 1.98. The van der Waals surface area contributed by atoms with Crippen molar-refractivity contribution in [2.24, 2.45) is 0 Å². The number of hydrogen-bond acceptors (Lipinski definition) is 5. The van der Waals surface area contributed by atoms with E-state index in [4.69, 9.17) is 23.2 Å². The number of rotatable bonds is 3. The van der Waals surface area contributed by atoms with Crippen molar-refractivity contribution >= 4 is 38.9 Å². The van der Waals surface area contributed by atoms with Crippen LogP contribution in [0.15, 0.2) is 35.6 Å². The van der Waals surface area contributed by atoms with Gasteiger partial charge >= 0.3 is 0 Å². The minimum Gasteiger partial charge on any atom is -0.279 e. The van der Waals surface area contributed by atoms with Crippen LogP contribution in [0.1, 0.15) is 0 Å². The summed E-state index contributed by atoms with van der Waals surface area (Å²) < 4.78 is 26.2. The van der Waals surface area contributed by atoms with Crippen LogP contribution in [0.5, 0.6) is 0 Å². The molecule has 94 valence electrons. The van der Waals surface area contributed by atoms with Crippen LogP contribution in [0.3, 0.4) is 0 Å². The highest BCUT2D eigenvalue weighted by Gasteiger charge is 2.15. The lowest BCUT2D eigenvalue weighted by atomic mass is 10.4. The first-order valence-corrected chi connectivity index (χ1v) is 6.83. The van der Waals surface area contributed by atoms with E-state index in [2.05, 4.69) is 19.7 Å². The van der Waals surface area contributed by atoms with Gasteiger partial charge in [0.1, 0.15) is 10.0 Å². The first-order valence-electron chi connectivity index (χ1n) is 4.59. The van der Waals surface area contributed by atoms with Gasteiger partial charge in [-0.1, -0.05) is 11.6 Å². The molecule has 6 nitrogen and oxygen atoms in total. The van der Waals surface area contributed by atoms with Crippen LogP contribution in [0.4, 0.5) is 5.69 Å². The van der Waals surface area contributed by atoms with Gasteiger partial charge in [-0.3, -0.25) is 4.72 Å². The minimum atomic E-state index is -3.77. The second kappa shape index (κ2) is 5.05. The molecule has 2 aromatic heterocycles. The highest BCUT2D eigenvalue weighted by atomic mass is 35.5. The van der Waals surface area contributed by atoms with E-state index >= 15 is 0 Å². The molecule has 0 aliphatic heterocycles. The summed E-state index contributed by atoms with van der Waals surface area (Å²) in [4.78, 5) is 10.8. The number of sulfonamides is 1. The molecule has 2 heterocycles. The Bertz CT molecular complexity index is 661. The van der Waals surface area contributed by atoms with Gasteiger partial charge in [-0.15, -0.1) is 0 Å². The fourth-order valence-corrected chi connectivity index (χ4v) is 2.33. The molecule has 0 bridgehead atoms. The van der Waals surface area contributed by atoms with Gasteiger partial charge in [-0.05, 0) is 23.7 Å². The largest absolute Gasteiger partial charge is 0.279 e. The second-order valence-electron chi connectivity index (χ2n) is 3.16. The summed E-state index contributed by atoms with van der Waals surface area (Å²) in [5.41, 5.74) is 0.296. The molecular formula is C9H6Cl2N4O2S. The van der Waals surface area contributed by atoms with E-state index < -0.39 is 10.0 Å². The van der Waals surface area contributed by atoms with E-state index in [9.17, 15) is 8.42 Å². The van der Waals surface area contributed by atoms with Gasteiger partial charge < -0.3 is 0 Å². The second-order valence-corrected chi connectivity index (χ2v) is 5.57. The Morgan fingerprint density at radius 2 is 1.78 bits per heavy atom.